The largest absolute Gasteiger partial charge is 0.379 e. The number of ether oxygens (including phenoxy) is 1. The summed E-state index contributed by atoms with van der Waals surface area (Å²) >= 11 is 5.37. The topological polar surface area (TPSA) is 70.7 Å². The normalized spacial score (nSPS) is 15.2. The van der Waals surface area contributed by atoms with Crippen LogP contribution in [0.5, 0.6) is 0 Å². The molecular formula is C20H25N3O3S2. The number of sulfonamides is 1. The fourth-order valence-electron chi connectivity index (χ4n) is 3.00. The van der Waals surface area contributed by atoms with Gasteiger partial charge in [-0.3, -0.25) is 0 Å². The molecule has 1 fully saturated rings. The molecule has 0 unspecified atom stereocenters. The van der Waals surface area contributed by atoms with Crippen molar-refractivity contribution in [3.05, 3.63) is 59.7 Å². The van der Waals surface area contributed by atoms with Crippen LogP contribution in [0.2, 0.25) is 0 Å². The van der Waals surface area contributed by atoms with E-state index in [1.807, 2.05) is 31.2 Å². The minimum Gasteiger partial charge on any atom is -0.379 e. The lowest BCUT2D eigenvalue weighted by Gasteiger charge is -2.27. The maximum absolute atomic E-state index is 13.1. The average molecular weight is 420 g/mol. The molecule has 1 saturated heterocycles. The zero-order valence-electron chi connectivity index (χ0n) is 15.8. The quantitative estimate of drug-likeness (QED) is 0.702. The van der Waals surface area contributed by atoms with Crippen molar-refractivity contribution in [1.29, 1.82) is 0 Å². The molecule has 2 aromatic carbocycles. The molecule has 1 heterocycles. The van der Waals surface area contributed by atoms with Gasteiger partial charge < -0.3 is 15.4 Å². The van der Waals surface area contributed by atoms with Gasteiger partial charge in [0.15, 0.2) is 5.11 Å². The first-order chi connectivity index (χ1) is 13.5. The lowest BCUT2D eigenvalue weighted by molar-refractivity contribution is 0.0730. The molecule has 28 heavy (non-hydrogen) atoms. The summed E-state index contributed by atoms with van der Waals surface area (Å²) in [5.41, 5.74) is 2.57. The summed E-state index contributed by atoms with van der Waals surface area (Å²) in [7, 11) is -3.62. The summed E-state index contributed by atoms with van der Waals surface area (Å²) in [4.78, 5) is 0.238. The molecular weight excluding hydrogens is 394 g/mol. The number of nitrogens with one attached hydrogen (secondary N) is 2. The summed E-state index contributed by atoms with van der Waals surface area (Å²) in [6, 6.07) is 15.4. The zero-order valence-corrected chi connectivity index (χ0v) is 17.5. The van der Waals surface area contributed by atoms with Gasteiger partial charge in [-0.2, -0.15) is 4.31 Å². The van der Waals surface area contributed by atoms with Gasteiger partial charge in [-0.15, -0.1) is 0 Å². The Morgan fingerprint density at radius 3 is 2.57 bits per heavy atom. The first-order valence-corrected chi connectivity index (χ1v) is 11.1. The van der Waals surface area contributed by atoms with Gasteiger partial charge in [0.2, 0.25) is 10.0 Å². The first kappa shape index (κ1) is 20.7. The van der Waals surface area contributed by atoms with Gasteiger partial charge in [0.1, 0.15) is 4.90 Å². The van der Waals surface area contributed by atoms with Crippen molar-refractivity contribution >= 4 is 33.0 Å². The maximum Gasteiger partial charge on any atom is 0.245 e. The highest BCUT2D eigenvalue weighted by Gasteiger charge is 2.29. The standard InChI is InChI=1S/C20H25N3O3S2/c1-16-7-8-18(19(15-16)28(24,25)23-11-13-26-14-12-23)22-20(27)21-10-9-17-5-3-2-4-6-17/h2-8,15H,9-14H2,1H3,(H2,21,22,27). The van der Waals surface area contributed by atoms with Crippen molar-refractivity contribution in [3.63, 3.8) is 0 Å². The van der Waals surface area contributed by atoms with Crippen LogP contribution in [0.4, 0.5) is 5.69 Å². The van der Waals surface area contributed by atoms with Gasteiger partial charge >= 0.3 is 0 Å². The monoisotopic (exact) mass is 419 g/mol. The molecule has 0 aromatic heterocycles. The molecule has 0 radical (unpaired) electrons. The molecule has 0 atom stereocenters. The Balaban J connectivity index is 1.69. The van der Waals surface area contributed by atoms with Crippen LogP contribution < -0.4 is 10.6 Å². The van der Waals surface area contributed by atoms with E-state index >= 15 is 0 Å². The number of hydrogen-bond acceptors (Lipinski definition) is 4. The Labute approximate surface area is 171 Å². The molecule has 8 heteroatoms. The second-order valence-electron chi connectivity index (χ2n) is 6.63. The Morgan fingerprint density at radius 2 is 1.86 bits per heavy atom. The van der Waals surface area contributed by atoms with Crippen molar-refractivity contribution in [1.82, 2.24) is 9.62 Å². The van der Waals surface area contributed by atoms with Crippen LogP contribution in [-0.4, -0.2) is 50.7 Å². The number of morpholine rings is 1. The second-order valence-corrected chi connectivity index (χ2v) is 8.95. The van der Waals surface area contributed by atoms with Gasteiger partial charge in [0.05, 0.1) is 18.9 Å². The Bertz CT molecular complexity index is 912. The summed E-state index contributed by atoms with van der Waals surface area (Å²) in [6.45, 7) is 4.07. The predicted octanol–water partition coefficient (Wildman–Crippen LogP) is 2.55. The van der Waals surface area contributed by atoms with Crippen molar-refractivity contribution in [2.45, 2.75) is 18.2 Å². The number of benzene rings is 2. The predicted molar refractivity (Wildman–Crippen MR) is 115 cm³/mol. The van der Waals surface area contributed by atoms with Gasteiger partial charge in [0, 0.05) is 19.6 Å². The number of aryl methyl sites for hydroxylation is 1. The van der Waals surface area contributed by atoms with E-state index < -0.39 is 10.0 Å². The molecule has 1 aliphatic heterocycles. The fourth-order valence-corrected chi connectivity index (χ4v) is 4.86. The summed E-state index contributed by atoms with van der Waals surface area (Å²) < 4.78 is 33.0. The maximum atomic E-state index is 13.1. The highest BCUT2D eigenvalue weighted by molar-refractivity contribution is 7.89. The van der Waals surface area contributed by atoms with Gasteiger partial charge in [-0.05, 0) is 48.8 Å². The van der Waals surface area contributed by atoms with Crippen LogP contribution >= 0.6 is 12.2 Å². The molecule has 0 amide bonds. The molecule has 1 aliphatic rings. The van der Waals surface area contributed by atoms with Crippen LogP contribution in [0.25, 0.3) is 0 Å². The van der Waals surface area contributed by atoms with Gasteiger partial charge in [0.25, 0.3) is 0 Å². The van der Waals surface area contributed by atoms with E-state index in [1.54, 1.807) is 12.1 Å². The molecule has 150 valence electrons. The number of thiocarbonyl (C=S) groups is 1. The summed E-state index contributed by atoms with van der Waals surface area (Å²) in [5.74, 6) is 0. The number of anilines is 1. The van der Waals surface area contributed by atoms with Crippen LogP contribution in [0, 0.1) is 6.92 Å². The van der Waals surface area contributed by atoms with Crippen molar-refractivity contribution in [3.8, 4) is 0 Å². The lowest BCUT2D eigenvalue weighted by Crippen LogP contribution is -2.41. The molecule has 6 nitrogen and oxygen atoms in total. The van der Waals surface area contributed by atoms with E-state index in [9.17, 15) is 8.42 Å². The highest BCUT2D eigenvalue weighted by atomic mass is 32.2. The summed E-state index contributed by atoms with van der Waals surface area (Å²) in [6.07, 6.45) is 0.829. The number of nitrogens with zero attached hydrogens (tertiary/aromatic N) is 1. The van der Waals surface area contributed by atoms with E-state index in [4.69, 9.17) is 17.0 Å². The molecule has 0 aliphatic carbocycles. The van der Waals surface area contributed by atoms with Gasteiger partial charge in [-0.1, -0.05) is 36.4 Å². The average Bonchev–Trinajstić information content (AvgIpc) is 2.71. The third-order valence-corrected chi connectivity index (χ3v) is 6.70. The molecule has 0 bridgehead atoms. The highest BCUT2D eigenvalue weighted by Crippen LogP contribution is 2.26. The summed E-state index contributed by atoms with van der Waals surface area (Å²) in [5, 5.41) is 6.60. The van der Waals surface area contributed by atoms with Crippen LogP contribution in [0.15, 0.2) is 53.4 Å². The van der Waals surface area contributed by atoms with Crippen LogP contribution in [-0.2, 0) is 21.2 Å². The first-order valence-electron chi connectivity index (χ1n) is 9.24. The van der Waals surface area contributed by atoms with Gasteiger partial charge in [-0.25, -0.2) is 8.42 Å². The van der Waals surface area contributed by atoms with E-state index in [-0.39, 0.29) is 4.90 Å². The minimum absolute atomic E-state index is 0.238. The van der Waals surface area contributed by atoms with Crippen molar-refractivity contribution in [2.75, 3.05) is 38.2 Å². The van der Waals surface area contributed by atoms with E-state index in [1.165, 1.54) is 9.87 Å². The number of hydrogen-bond donors (Lipinski definition) is 2. The molecule has 0 saturated carbocycles. The Hall–Kier alpha value is -2.00. The molecule has 2 N–H and O–H groups in total. The van der Waals surface area contributed by atoms with E-state index in [0.29, 0.717) is 43.6 Å². The molecule has 0 spiro atoms. The molecule has 2 aromatic rings. The van der Waals surface area contributed by atoms with E-state index in [2.05, 4.69) is 22.8 Å². The van der Waals surface area contributed by atoms with E-state index in [0.717, 1.165) is 12.0 Å². The van der Waals surface area contributed by atoms with Crippen LogP contribution in [0.3, 0.4) is 0 Å². The SMILES string of the molecule is Cc1ccc(NC(=S)NCCc2ccccc2)c(S(=O)(=O)N2CCOCC2)c1. The lowest BCUT2D eigenvalue weighted by atomic mass is 10.1. The third-order valence-electron chi connectivity index (χ3n) is 4.52. The molecule has 3 rings (SSSR count). The number of rotatable bonds is 6. The fraction of sp³-hybridized carbons (Fsp3) is 0.350. The van der Waals surface area contributed by atoms with Crippen molar-refractivity contribution < 1.29 is 13.2 Å². The van der Waals surface area contributed by atoms with Crippen molar-refractivity contribution in [2.24, 2.45) is 0 Å². The second kappa shape index (κ2) is 9.47. The Kier molecular flexibility index (Phi) is 7.01. The minimum atomic E-state index is -3.62. The zero-order chi connectivity index (χ0) is 20.0. The third kappa shape index (κ3) is 5.29. The smallest absolute Gasteiger partial charge is 0.245 e. The van der Waals surface area contributed by atoms with Crippen LogP contribution in [0.1, 0.15) is 11.1 Å². The Morgan fingerprint density at radius 1 is 1.14 bits per heavy atom.